The SMILES string of the molecule is Cc1ccc(F)cc1-c1nc(Cl)c2cc(Br)c(F)cc2n1. The first kappa shape index (κ1) is 14.4. The molecule has 0 fully saturated rings. The quantitative estimate of drug-likeness (QED) is 0.544. The Hall–Kier alpha value is -1.59. The third kappa shape index (κ3) is 2.63. The highest BCUT2D eigenvalue weighted by Crippen LogP contribution is 2.30. The van der Waals surface area contributed by atoms with Crippen molar-refractivity contribution in [1.29, 1.82) is 0 Å². The van der Waals surface area contributed by atoms with Crippen molar-refractivity contribution in [2.24, 2.45) is 0 Å². The zero-order valence-corrected chi connectivity index (χ0v) is 13.1. The highest BCUT2D eigenvalue weighted by atomic mass is 79.9. The van der Waals surface area contributed by atoms with Crippen molar-refractivity contribution in [3.63, 3.8) is 0 Å². The maximum atomic E-state index is 13.6. The molecule has 1 heterocycles. The van der Waals surface area contributed by atoms with Gasteiger partial charge in [0.2, 0.25) is 0 Å². The molecule has 0 aliphatic heterocycles. The predicted octanol–water partition coefficient (Wildman–Crippen LogP) is 5.30. The Morgan fingerprint density at radius 3 is 2.62 bits per heavy atom. The molecule has 3 aromatic rings. The van der Waals surface area contributed by atoms with Crippen LogP contribution in [-0.2, 0) is 0 Å². The van der Waals surface area contributed by atoms with E-state index in [1.807, 2.05) is 6.92 Å². The Labute approximate surface area is 132 Å². The summed E-state index contributed by atoms with van der Waals surface area (Å²) in [7, 11) is 0. The second-order valence-corrected chi connectivity index (χ2v) is 5.79. The molecule has 0 aliphatic rings. The Kier molecular flexibility index (Phi) is 3.63. The Balaban J connectivity index is 2.30. The van der Waals surface area contributed by atoms with Crippen molar-refractivity contribution in [2.45, 2.75) is 6.92 Å². The lowest BCUT2D eigenvalue weighted by Crippen LogP contribution is -1.95. The van der Waals surface area contributed by atoms with Gasteiger partial charge in [-0.05, 0) is 46.6 Å². The first-order valence-corrected chi connectivity index (χ1v) is 7.21. The van der Waals surface area contributed by atoms with Crippen molar-refractivity contribution < 1.29 is 8.78 Å². The molecule has 106 valence electrons. The second-order valence-electron chi connectivity index (χ2n) is 4.58. The molecule has 0 unspecified atom stereocenters. The van der Waals surface area contributed by atoms with Gasteiger partial charge in [0.25, 0.3) is 0 Å². The van der Waals surface area contributed by atoms with E-state index in [4.69, 9.17) is 11.6 Å². The van der Waals surface area contributed by atoms with Gasteiger partial charge in [-0.3, -0.25) is 0 Å². The van der Waals surface area contributed by atoms with E-state index in [9.17, 15) is 8.78 Å². The predicted molar refractivity (Wildman–Crippen MR) is 82.3 cm³/mol. The van der Waals surface area contributed by atoms with Crippen LogP contribution in [0.25, 0.3) is 22.3 Å². The smallest absolute Gasteiger partial charge is 0.161 e. The molecular formula is C15H8BrClF2N2. The van der Waals surface area contributed by atoms with Gasteiger partial charge >= 0.3 is 0 Å². The van der Waals surface area contributed by atoms with Gasteiger partial charge < -0.3 is 0 Å². The van der Waals surface area contributed by atoms with Gasteiger partial charge in [-0.15, -0.1) is 0 Å². The number of fused-ring (bicyclic) bond motifs is 1. The molecule has 0 spiro atoms. The van der Waals surface area contributed by atoms with Crippen LogP contribution in [0.1, 0.15) is 5.56 Å². The van der Waals surface area contributed by atoms with E-state index >= 15 is 0 Å². The molecule has 0 saturated carbocycles. The number of hydrogen-bond acceptors (Lipinski definition) is 2. The van der Waals surface area contributed by atoms with E-state index in [0.29, 0.717) is 16.5 Å². The van der Waals surface area contributed by atoms with Crippen molar-refractivity contribution in [3.05, 3.63) is 57.2 Å². The standard InChI is InChI=1S/C15H8BrClF2N2/c1-7-2-3-8(18)4-9(7)15-20-13-6-12(19)11(16)5-10(13)14(17)21-15/h2-6H,1H3. The third-order valence-corrected chi connectivity index (χ3v) is 4.03. The van der Waals surface area contributed by atoms with Crippen LogP contribution in [-0.4, -0.2) is 9.97 Å². The number of benzene rings is 2. The summed E-state index contributed by atoms with van der Waals surface area (Å²) < 4.78 is 27.3. The monoisotopic (exact) mass is 368 g/mol. The number of hydrogen-bond donors (Lipinski definition) is 0. The van der Waals surface area contributed by atoms with Crippen molar-refractivity contribution in [3.8, 4) is 11.4 Å². The molecule has 0 bridgehead atoms. The van der Waals surface area contributed by atoms with E-state index in [0.717, 1.165) is 5.56 Å². The molecule has 0 radical (unpaired) electrons. The summed E-state index contributed by atoms with van der Waals surface area (Å²) in [6, 6.07) is 7.12. The van der Waals surface area contributed by atoms with Crippen LogP contribution in [0.3, 0.4) is 0 Å². The van der Waals surface area contributed by atoms with Crippen LogP contribution in [0.15, 0.2) is 34.8 Å². The lowest BCUT2D eigenvalue weighted by molar-refractivity contribution is 0.622. The maximum Gasteiger partial charge on any atom is 0.161 e. The van der Waals surface area contributed by atoms with E-state index < -0.39 is 11.6 Å². The van der Waals surface area contributed by atoms with Gasteiger partial charge in [0.1, 0.15) is 16.8 Å². The summed E-state index contributed by atoms with van der Waals surface area (Å²) in [4.78, 5) is 8.48. The summed E-state index contributed by atoms with van der Waals surface area (Å²) in [6.45, 7) is 1.82. The van der Waals surface area contributed by atoms with Crippen LogP contribution < -0.4 is 0 Å². The average Bonchev–Trinajstić information content (AvgIpc) is 2.43. The van der Waals surface area contributed by atoms with Crippen LogP contribution in [0.4, 0.5) is 8.78 Å². The second kappa shape index (κ2) is 5.31. The highest BCUT2D eigenvalue weighted by Gasteiger charge is 2.13. The normalized spacial score (nSPS) is 11.1. The summed E-state index contributed by atoms with van der Waals surface area (Å²) in [5.74, 6) is -0.567. The van der Waals surface area contributed by atoms with Gasteiger partial charge in [-0.25, -0.2) is 18.7 Å². The topological polar surface area (TPSA) is 25.8 Å². The Morgan fingerprint density at radius 2 is 1.86 bits per heavy atom. The minimum absolute atomic E-state index is 0.194. The van der Waals surface area contributed by atoms with E-state index in [1.165, 1.54) is 24.3 Å². The fourth-order valence-electron chi connectivity index (χ4n) is 2.04. The lowest BCUT2D eigenvalue weighted by atomic mass is 10.1. The fraction of sp³-hybridized carbons (Fsp3) is 0.0667. The third-order valence-electron chi connectivity index (χ3n) is 3.13. The highest BCUT2D eigenvalue weighted by molar-refractivity contribution is 9.10. The molecule has 3 rings (SSSR count). The van der Waals surface area contributed by atoms with Gasteiger partial charge in [-0.1, -0.05) is 17.7 Å². The molecule has 0 aliphatic carbocycles. The van der Waals surface area contributed by atoms with E-state index in [2.05, 4.69) is 25.9 Å². The van der Waals surface area contributed by atoms with E-state index in [-0.39, 0.29) is 15.5 Å². The van der Waals surface area contributed by atoms with Crippen molar-refractivity contribution >= 4 is 38.4 Å². The molecule has 1 aromatic heterocycles. The number of aromatic nitrogens is 2. The maximum absolute atomic E-state index is 13.6. The van der Waals surface area contributed by atoms with Crippen LogP contribution >= 0.6 is 27.5 Å². The van der Waals surface area contributed by atoms with Gasteiger partial charge in [-0.2, -0.15) is 0 Å². The lowest BCUT2D eigenvalue weighted by Gasteiger charge is -2.08. The molecule has 21 heavy (non-hydrogen) atoms. The summed E-state index contributed by atoms with van der Waals surface area (Å²) >= 11 is 9.24. The number of aryl methyl sites for hydroxylation is 1. The summed E-state index contributed by atoms with van der Waals surface area (Å²) in [5, 5.41) is 0.724. The molecule has 0 atom stereocenters. The van der Waals surface area contributed by atoms with Gasteiger partial charge in [0.05, 0.1) is 9.99 Å². The molecule has 6 heteroatoms. The zero-order valence-electron chi connectivity index (χ0n) is 10.8. The molecule has 0 saturated heterocycles. The van der Waals surface area contributed by atoms with Crippen molar-refractivity contribution in [2.75, 3.05) is 0 Å². The minimum atomic E-state index is -0.445. The van der Waals surface area contributed by atoms with Crippen molar-refractivity contribution in [1.82, 2.24) is 9.97 Å². The Bertz CT molecular complexity index is 868. The fourth-order valence-corrected chi connectivity index (χ4v) is 2.62. The minimum Gasteiger partial charge on any atom is -0.228 e. The molecule has 0 amide bonds. The number of nitrogens with zero attached hydrogens (tertiary/aromatic N) is 2. The molecular weight excluding hydrogens is 362 g/mol. The number of halogens is 4. The summed E-state index contributed by atoms with van der Waals surface area (Å²) in [6.07, 6.45) is 0. The van der Waals surface area contributed by atoms with Crippen LogP contribution in [0.2, 0.25) is 5.15 Å². The molecule has 2 aromatic carbocycles. The average molecular weight is 370 g/mol. The zero-order chi connectivity index (χ0) is 15.1. The van der Waals surface area contributed by atoms with Gasteiger partial charge in [0, 0.05) is 17.0 Å². The molecule has 2 nitrogen and oxygen atoms in total. The molecule has 0 N–H and O–H groups in total. The van der Waals surface area contributed by atoms with Crippen LogP contribution in [0, 0.1) is 18.6 Å². The largest absolute Gasteiger partial charge is 0.228 e. The van der Waals surface area contributed by atoms with Crippen LogP contribution in [0.5, 0.6) is 0 Å². The summed E-state index contributed by atoms with van der Waals surface area (Å²) in [5.41, 5.74) is 1.71. The van der Waals surface area contributed by atoms with Gasteiger partial charge in [0.15, 0.2) is 5.82 Å². The number of rotatable bonds is 1. The van der Waals surface area contributed by atoms with E-state index in [1.54, 1.807) is 6.07 Å². The first-order valence-electron chi connectivity index (χ1n) is 6.04. The first-order chi connectivity index (χ1) is 9.95. The Morgan fingerprint density at radius 1 is 1.10 bits per heavy atom.